The molecule has 2 N–H and O–H groups in total. The van der Waals surface area contributed by atoms with E-state index in [4.69, 9.17) is 0 Å². The Balaban J connectivity index is 2.01. The number of hydroxylamine groups is 1. The highest BCUT2D eigenvalue weighted by Crippen LogP contribution is 2.30. The number of nitrogens with one attached hydrogen (secondary N) is 1. The van der Waals surface area contributed by atoms with E-state index in [0.29, 0.717) is 5.56 Å². The maximum atomic E-state index is 13.7. The summed E-state index contributed by atoms with van der Waals surface area (Å²) in [5.41, 5.74) is 2.11. The number of hydrogen-bond donors (Lipinski definition) is 2. The molecule has 0 atom stereocenters. The van der Waals surface area contributed by atoms with Crippen molar-refractivity contribution in [3.8, 4) is 0 Å². The first-order chi connectivity index (χ1) is 11.6. The zero-order valence-corrected chi connectivity index (χ0v) is 12.0. The number of aliphatic imine (C=N–C) groups is 1. The van der Waals surface area contributed by atoms with Crippen molar-refractivity contribution in [3.63, 3.8) is 0 Å². The second-order valence-corrected chi connectivity index (χ2v) is 4.76. The summed E-state index contributed by atoms with van der Waals surface area (Å²) in [7, 11) is 0. The lowest BCUT2D eigenvalue weighted by Crippen LogP contribution is -2.21. The van der Waals surface area contributed by atoms with Crippen molar-refractivity contribution < 1.29 is 19.2 Å². The highest BCUT2D eigenvalue weighted by molar-refractivity contribution is 5.96. The van der Waals surface area contributed by atoms with Crippen LogP contribution in [0.15, 0.2) is 46.0 Å². The number of nitro groups is 1. The highest BCUT2D eigenvalue weighted by Gasteiger charge is 2.19. The van der Waals surface area contributed by atoms with E-state index in [1.54, 1.807) is 18.2 Å². The first-order valence-electron chi connectivity index (χ1n) is 6.71. The number of nitro benzene ring substituents is 1. The third kappa shape index (κ3) is 2.90. The molecule has 122 valence electrons. The summed E-state index contributed by atoms with van der Waals surface area (Å²) < 4.78 is 18.2. The lowest BCUT2D eigenvalue weighted by molar-refractivity contribution is -0.383. The summed E-state index contributed by atoms with van der Waals surface area (Å²) in [6, 6.07) is 8.57. The highest BCUT2D eigenvalue weighted by atomic mass is 19.1. The molecule has 0 spiro atoms. The Kier molecular flexibility index (Phi) is 4.12. The van der Waals surface area contributed by atoms with Crippen LogP contribution in [0.1, 0.15) is 5.56 Å². The average Bonchev–Trinajstić information content (AvgIpc) is 3.06. The quantitative estimate of drug-likeness (QED) is 0.325. The standard InChI is InChI=1S/C14H10FN5O4/c15-9-4-2-1-3-8(9)7-12(17-21)16-10-5-6-11(20(22)23)14-13(10)18-24-19-14/h1-6,21H,7H2,(H,16,17). The van der Waals surface area contributed by atoms with E-state index < -0.39 is 10.7 Å². The van der Waals surface area contributed by atoms with Gasteiger partial charge in [-0.05, 0) is 28.0 Å². The molecular weight excluding hydrogens is 321 g/mol. The largest absolute Gasteiger partial charge is 0.300 e. The molecule has 9 nitrogen and oxygen atoms in total. The molecule has 1 heterocycles. The molecule has 10 heteroatoms. The predicted molar refractivity (Wildman–Crippen MR) is 80.6 cm³/mol. The van der Waals surface area contributed by atoms with Gasteiger partial charge in [0.25, 0.3) is 0 Å². The van der Waals surface area contributed by atoms with Crippen LogP contribution in [0.2, 0.25) is 0 Å². The minimum Gasteiger partial charge on any atom is -0.290 e. The molecule has 0 fully saturated rings. The van der Waals surface area contributed by atoms with Gasteiger partial charge >= 0.3 is 5.69 Å². The van der Waals surface area contributed by atoms with Gasteiger partial charge in [0, 0.05) is 12.5 Å². The SMILES string of the molecule is O=[N+]([O-])c1ccc(N=C(Cc2ccccc2F)NO)c2nonc12. The van der Waals surface area contributed by atoms with Crippen molar-refractivity contribution in [2.24, 2.45) is 4.99 Å². The van der Waals surface area contributed by atoms with Crippen molar-refractivity contribution in [1.29, 1.82) is 0 Å². The Bertz CT molecular complexity index is 940. The topological polar surface area (TPSA) is 127 Å². The van der Waals surface area contributed by atoms with Gasteiger partial charge in [0.15, 0.2) is 5.52 Å². The van der Waals surface area contributed by atoms with Crippen LogP contribution in [-0.4, -0.2) is 26.3 Å². The number of non-ortho nitro benzene ring substituents is 1. The smallest absolute Gasteiger partial charge is 0.290 e. The summed E-state index contributed by atoms with van der Waals surface area (Å²) >= 11 is 0. The molecule has 0 radical (unpaired) electrons. The van der Waals surface area contributed by atoms with Gasteiger partial charge < -0.3 is 0 Å². The van der Waals surface area contributed by atoms with Crippen LogP contribution in [0.25, 0.3) is 11.0 Å². The van der Waals surface area contributed by atoms with E-state index in [1.807, 2.05) is 5.48 Å². The van der Waals surface area contributed by atoms with Gasteiger partial charge in [-0.2, -0.15) is 0 Å². The van der Waals surface area contributed by atoms with Crippen LogP contribution in [0.4, 0.5) is 15.8 Å². The number of fused-ring (bicyclic) bond motifs is 1. The fourth-order valence-corrected chi connectivity index (χ4v) is 2.15. The molecule has 0 unspecified atom stereocenters. The third-order valence-corrected chi connectivity index (χ3v) is 3.27. The van der Waals surface area contributed by atoms with Crippen molar-refractivity contribution >= 4 is 28.2 Å². The lowest BCUT2D eigenvalue weighted by atomic mass is 10.1. The van der Waals surface area contributed by atoms with Crippen molar-refractivity contribution in [3.05, 3.63) is 57.9 Å². The number of amidine groups is 1. The van der Waals surface area contributed by atoms with Crippen molar-refractivity contribution in [2.45, 2.75) is 6.42 Å². The normalized spacial score (nSPS) is 11.7. The number of hydrogen-bond acceptors (Lipinski definition) is 7. The van der Waals surface area contributed by atoms with E-state index in [-0.39, 0.29) is 34.7 Å². The summed E-state index contributed by atoms with van der Waals surface area (Å²) in [5, 5.41) is 27.3. The molecule has 0 saturated heterocycles. The van der Waals surface area contributed by atoms with Gasteiger partial charge in [0.2, 0.25) is 5.52 Å². The Labute approximate surface area is 133 Å². The lowest BCUT2D eigenvalue weighted by Gasteiger charge is -2.06. The molecule has 0 aliphatic rings. The van der Waals surface area contributed by atoms with Crippen LogP contribution < -0.4 is 5.48 Å². The molecule has 3 rings (SSSR count). The first kappa shape index (κ1) is 15.5. The zero-order chi connectivity index (χ0) is 17.1. The van der Waals surface area contributed by atoms with Crippen LogP contribution in [0, 0.1) is 15.9 Å². The fourth-order valence-electron chi connectivity index (χ4n) is 2.15. The molecule has 1 aromatic heterocycles. The first-order valence-corrected chi connectivity index (χ1v) is 6.71. The minimum atomic E-state index is -0.620. The number of halogens is 1. The fraction of sp³-hybridized carbons (Fsp3) is 0.0714. The van der Waals surface area contributed by atoms with Gasteiger partial charge in [0.05, 0.1) is 10.6 Å². The predicted octanol–water partition coefficient (Wildman–Crippen LogP) is 2.52. The maximum absolute atomic E-state index is 13.7. The van der Waals surface area contributed by atoms with Crippen LogP contribution in [0.5, 0.6) is 0 Å². The Morgan fingerprint density at radius 1 is 1.29 bits per heavy atom. The number of benzene rings is 2. The Morgan fingerprint density at radius 3 is 2.75 bits per heavy atom. The number of rotatable bonds is 4. The monoisotopic (exact) mass is 331 g/mol. The van der Waals surface area contributed by atoms with Gasteiger partial charge in [-0.1, -0.05) is 18.2 Å². The summed E-state index contributed by atoms with van der Waals surface area (Å²) in [6.07, 6.45) is -0.0209. The summed E-state index contributed by atoms with van der Waals surface area (Å²) in [6.45, 7) is 0. The average molecular weight is 331 g/mol. The molecule has 24 heavy (non-hydrogen) atoms. The second-order valence-electron chi connectivity index (χ2n) is 4.76. The van der Waals surface area contributed by atoms with E-state index in [0.717, 1.165) is 0 Å². The van der Waals surface area contributed by atoms with Gasteiger partial charge in [0.1, 0.15) is 11.7 Å². The van der Waals surface area contributed by atoms with E-state index in [1.165, 1.54) is 18.2 Å². The van der Waals surface area contributed by atoms with Crippen molar-refractivity contribution in [1.82, 2.24) is 15.8 Å². The second kappa shape index (κ2) is 6.38. The zero-order valence-electron chi connectivity index (χ0n) is 12.0. The maximum Gasteiger partial charge on any atom is 0.300 e. The molecule has 0 aliphatic carbocycles. The van der Waals surface area contributed by atoms with Gasteiger partial charge in [-0.25, -0.2) is 14.0 Å². The van der Waals surface area contributed by atoms with E-state index in [9.17, 15) is 19.7 Å². The minimum absolute atomic E-state index is 0.0209. The Morgan fingerprint density at radius 2 is 2.04 bits per heavy atom. The van der Waals surface area contributed by atoms with Crippen LogP contribution in [0.3, 0.4) is 0 Å². The summed E-state index contributed by atoms with van der Waals surface area (Å²) in [4.78, 5) is 14.4. The van der Waals surface area contributed by atoms with Crippen molar-refractivity contribution in [2.75, 3.05) is 0 Å². The number of aromatic nitrogens is 2. The number of nitrogens with zero attached hydrogens (tertiary/aromatic N) is 4. The summed E-state index contributed by atoms with van der Waals surface area (Å²) in [5.74, 6) is -0.421. The third-order valence-electron chi connectivity index (χ3n) is 3.27. The molecule has 0 amide bonds. The Hall–Kier alpha value is -3.40. The van der Waals surface area contributed by atoms with E-state index >= 15 is 0 Å². The van der Waals surface area contributed by atoms with Crippen LogP contribution >= 0.6 is 0 Å². The van der Waals surface area contributed by atoms with Gasteiger partial charge in [-0.3, -0.25) is 20.8 Å². The molecule has 2 aromatic carbocycles. The molecule has 0 saturated carbocycles. The molecule has 0 bridgehead atoms. The van der Waals surface area contributed by atoms with Gasteiger partial charge in [-0.15, -0.1) is 0 Å². The molecule has 3 aromatic rings. The van der Waals surface area contributed by atoms with E-state index in [2.05, 4.69) is 19.9 Å². The van der Waals surface area contributed by atoms with Crippen LogP contribution in [-0.2, 0) is 6.42 Å². The molecule has 0 aliphatic heterocycles. The molecular formula is C14H10FN5O4.